The molecule has 0 spiro atoms. The number of likely N-dealkylation sites (tertiary alicyclic amines) is 1. The molecule has 1 aromatic carbocycles. The van der Waals surface area contributed by atoms with Crippen LogP contribution in [0, 0.1) is 6.92 Å². The minimum Gasteiger partial charge on any atom is -0.472 e. The van der Waals surface area contributed by atoms with Crippen LogP contribution in [0.5, 0.6) is 5.88 Å². The number of piperidine rings is 1. The number of hydrogen-bond acceptors (Lipinski definition) is 4. The Morgan fingerprint density at radius 2 is 2.15 bits per heavy atom. The third-order valence-corrected chi connectivity index (χ3v) is 4.46. The van der Waals surface area contributed by atoms with Crippen molar-refractivity contribution in [2.24, 2.45) is 0 Å². The predicted molar refractivity (Wildman–Crippen MR) is 100 cm³/mol. The van der Waals surface area contributed by atoms with Crippen LogP contribution in [0.1, 0.15) is 30.7 Å². The zero-order valence-electron chi connectivity index (χ0n) is 15.2. The zero-order chi connectivity index (χ0) is 18.2. The average molecular weight is 354 g/mol. The summed E-state index contributed by atoms with van der Waals surface area (Å²) < 4.78 is 5.93. The number of carbonyl (C=O) groups excluding carboxylic acids is 1. The molecule has 0 bridgehead atoms. The molecule has 138 valence electrons. The van der Waals surface area contributed by atoms with Gasteiger partial charge in [-0.25, -0.2) is 9.78 Å². The van der Waals surface area contributed by atoms with E-state index >= 15 is 0 Å². The summed E-state index contributed by atoms with van der Waals surface area (Å²) in [6.45, 7) is 3.88. The van der Waals surface area contributed by atoms with E-state index in [2.05, 4.69) is 27.4 Å². The lowest BCUT2D eigenvalue weighted by Crippen LogP contribution is -2.48. The molecule has 1 aliphatic heterocycles. The van der Waals surface area contributed by atoms with Crippen molar-refractivity contribution in [1.29, 1.82) is 0 Å². The average Bonchev–Trinajstić information content (AvgIpc) is 2.66. The fourth-order valence-electron chi connectivity index (χ4n) is 3.13. The van der Waals surface area contributed by atoms with Crippen molar-refractivity contribution >= 4 is 6.03 Å². The molecule has 1 fully saturated rings. The molecule has 1 unspecified atom stereocenters. The third kappa shape index (κ3) is 5.44. The summed E-state index contributed by atoms with van der Waals surface area (Å²) in [5.74, 6) is 1.26. The van der Waals surface area contributed by atoms with Crippen LogP contribution in [0.3, 0.4) is 0 Å². The highest BCUT2D eigenvalue weighted by Gasteiger charge is 2.25. The van der Waals surface area contributed by atoms with Gasteiger partial charge in [-0.05, 0) is 38.2 Å². The van der Waals surface area contributed by atoms with E-state index in [9.17, 15) is 4.79 Å². The number of nitrogens with zero attached hydrogens (tertiary/aromatic N) is 3. The van der Waals surface area contributed by atoms with Crippen LogP contribution < -0.4 is 10.1 Å². The molecule has 26 heavy (non-hydrogen) atoms. The zero-order valence-corrected chi connectivity index (χ0v) is 15.2. The smallest absolute Gasteiger partial charge is 0.317 e. The lowest BCUT2D eigenvalue weighted by Gasteiger charge is -2.32. The third-order valence-electron chi connectivity index (χ3n) is 4.46. The van der Waals surface area contributed by atoms with Gasteiger partial charge in [0.2, 0.25) is 5.88 Å². The summed E-state index contributed by atoms with van der Waals surface area (Å²) in [7, 11) is 0. The number of benzene rings is 1. The Balaban J connectivity index is 1.41. The second kappa shape index (κ2) is 9.17. The number of hydrogen-bond donors (Lipinski definition) is 1. The molecule has 1 atom stereocenters. The van der Waals surface area contributed by atoms with E-state index in [4.69, 9.17) is 4.74 Å². The number of amides is 2. The SMILES string of the molecule is Cc1nccc(OC2CCCN(C(=O)NCCCc3ccccc3)C2)n1. The van der Waals surface area contributed by atoms with Crippen LogP contribution in [0.25, 0.3) is 0 Å². The first kappa shape index (κ1) is 18.2. The molecule has 0 aliphatic carbocycles. The Morgan fingerprint density at radius 3 is 2.96 bits per heavy atom. The molecular weight excluding hydrogens is 328 g/mol. The topological polar surface area (TPSA) is 67.3 Å². The molecule has 1 N–H and O–H groups in total. The minimum absolute atomic E-state index is 0.00905. The number of nitrogens with one attached hydrogen (secondary N) is 1. The maximum atomic E-state index is 12.4. The van der Waals surface area contributed by atoms with Crippen LogP contribution in [0.2, 0.25) is 0 Å². The molecule has 1 saturated heterocycles. The molecule has 2 heterocycles. The Bertz CT molecular complexity index is 708. The van der Waals surface area contributed by atoms with E-state index in [1.54, 1.807) is 12.3 Å². The van der Waals surface area contributed by atoms with E-state index in [0.717, 1.165) is 32.2 Å². The fraction of sp³-hybridized carbons (Fsp3) is 0.450. The van der Waals surface area contributed by atoms with E-state index in [-0.39, 0.29) is 12.1 Å². The Labute approximate surface area is 154 Å². The van der Waals surface area contributed by atoms with E-state index in [1.165, 1.54) is 5.56 Å². The Kier molecular flexibility index (Phi) is 6.41. The van der Waals surface area contributed by atoms with Crippen molar-refractivity contribution < 1.29 is 9.53 Å². The largest absolute Gasteiger partial charge is 0.472 e. The van der Waals surface area contributed by atoms with Crippen LogP contribution in [0.4, 0.5) is 4.79 Å². The van der Waals surface area contributed by atoms with E-state index in [0.29, 0.717) is 24.8 Å². The Hall–Kier alpha value is -2.63. The van der Waals surface area contributed by atoms with Crippen LogP contribution in [-0.4, -0.2) is 46.6 Å². The maximum absolute atomic E-state index is 12.4. The normalized spacial score (nSPS) is 17.0. The first-order chi connectivity index (χ1) is 12.7. The number of aromatic nitrogens is 2. The van der Waals surface area contributed by atoms with Crippen molar-refractivity contribution in [3.63, 3.8) is 0 Å². The van der Waals surface area contributed by atoms with Gasteiger partial charge >= 0.3 is 6.03 Å². The minimum atomic E-state index is -0.0203. The molecule has 6 nitrogen and oxygen atoms in total. The summed E-state index contributed by atoms with van der Waals surface area (Å²) in [5.41, 5.74) is 1.30. The first-order valence-corrected chi connectivity index (χ1v) is 9.24. The van der Waals surface area contributed by atoms with E-state index < -0.39 is 0 Å². The molecule has 2 aromatic rings. The maximum Gasteiger partial charge on any atom is 0.317 e. The monoisotopic (exact) mass is 354 g/mol. The van der Waals surface area contributed by atoms with Crippen molar-refractivity contribution in [2.45, 2.75) is 38.7 Å². The number of rotatable bonds is 6. The summed E-state index contributed by atoms with van der Waals surface area (Å²) in [5, 5.41) is 3.02. The van der Waals surface area contributed by atoms with Crippen LogP contribution >= 0.6 is 0 Å². The number of aryl methyl sites for hydroxylation is 2. The Morgan fingerprint density at radius 1 is 1.31 bits per heavy atom. The van der Waals surface area contributed by atoms with Gasteiger partial charge in [-0.2, -0.15) is 4.98 Å². The fourth-order valence-corrected chi connectivity index (χ4v) is 3.13. The van der Waals surface area contributed by atoms with Gasteiger partial charge in [-0.3, -0.25) is 0 Å². The van der Waals surface area contributed by atoms with Gasteiger partial charge in [0.15, 0.2) is 0 Å². The highest BCUT2D eigenvalue weighted by molar-refractivity contribution is 5.74. The lowest BCUT2D eigenvalue weighted by molar-refractivity contribution is 0.0976. The number of urea groups is 1. The van der Waals surface area contributed by atoms with Crippen LogP contribution in [0.15, 0.2) is 42.6 Å². The first-order valence-electron chi connectivity index (χ1n) is 9.24. The molecule has 2 amide bonds. The lowest BCUT2D eigenvalue weighted by atomic mass is 10.1. The van der Waals surface area contributed by atoms with Gasteiger partial charge in [-0.1, -0.05) is 30.3 Å². The molecule has 3 rings (SSSR count). The number of ether oxygens (including phenoxy) is 1. The van der Waals surface area contributed by atoms with Crippen molar-refractivity contribution in [2.75, 3.05) is 19.6 Å². The molecule has 1 aromatic heterocycles. The summed E-state index contributed by atoms with van der Waals surface area (Å²) in [4.78, 5) is 22.6. The van der Waals surface area contributed by atoms with Crippen LogP contribution in [-0.2, 0) is 6.42 Å². The molecular formula is C20H26N4O2. The quantitative estimate of drug-likeness (QED) is 0.810. The van der Waals surface area contributed by atoms with Crippen molar-refractivity contribution in [3.8, 4) is 5.88 Å². The number of carbonyl (C=O) groups is 1. The van der Waals surface area contributed by atoms with Gasteiger partial charge < -0.3 is 15.0 Å². The summed E-state index contributed by atoms with van der Waals surface area (Å²) in [6.07, 6.45) is 5.45. The van der Waals surface area contributed by atoms with Gasteiger partial charge in [0, 0.05) is 25.4 Å². The highest BCUT2D eigenvalue weighted by atomic mass is 16.5. The highest BCUT2D eigenvalue weighted by Crippen LogP contribution is 2.16. The standard InChI is InChI=1S/C20H26N4O2/c1-16-21-13-11-19(23-16)26-18-10-6-14-24(15-18)20(25)22-12-5-9-17-7-3-2-4-8-17/h2-4,7-8,11,13,18H,5-6,9-10,12,14-15H2,1H3,(H,22,25). The van der Waals surface area contributed by atoms with Crippen molar-refractivity contribution in [1.82, 2.24) is 20.2 Å². The van der Waals surface area contributed by atoms with Gasteiger partial charge in [0.1, 0.15) is 11.9 Å². The van der Waals surface area contributed by atoms with Gasteiger partial charge in [0.05, 0.1) is 6.54 Å². The predicted octanol–water partition coefficient (Wildman–Crippen LogP) is 2.97. The van der Waals surface area contributed by atoms with Crippen molar-refractivity contribution in [3.05, 3.63) is 54.0 Å². The second-order valence-corrected chi connectivity index (χ2v) is 6.59. The second-order valence-electron chi connectivity index (χ2n) is 6.59. The van der Waals surface area contributed by atoms with Gasteiger partial charge in [0.25, 0.3) is 0 Å². The molecule has 1 aliphatic rings. The summed E-state index contributed by atoms with van der Waals surface area (Å²) >= 11 is 0. The molecule has 0 saturated carbocycles. The molecule has 0 radical (unpaired) electrons. The summed E-state index contributed by atoms with van der Waals surface area (Å²) in [6, 6.07) is 12.1. The molecule has 6 heteroatoms. The van der Waals surface area contributed by atoms with Gasteiger partial charge in [-0.15, -0.1) is 0 Å². The van der Waals surface area contributed by atoms with E-state index in [1.807, 2.05) is 30.0 Å².